The lowest BCUT2D eigenvalue weighted by molar-refractivity contribution is -0.119. The maximum absolute atomic E-state index is 13.3. The summed E-state index contributed by atoms with van der Waals surface area (Å²) in [5.41, 5.74) is 0.805. The van der Waals surface area contributed by atoms with Crippen molar-refractivity contribution < 1.29 is 17.6 Å². The minimum Gasteiger partial charge on any atom is -0.344 e. The summed E-state index contributed by atoms with van der Waals surface area (Å²) >= 11 is 2.80. The molecule has 2 atom stereocenters. The number of carbonyl (C=O) groups excluding carboxylic acids is 1. The highest BCUT2D eigenvalue weighted by Gasteiger charge is 2.29. The molecule has 1 fully saturated rings. The molecule has 7 nitrogen and oxygen atoms in total. The second-order valence-electron chi connectivity index (χ2n) is 7.79. The molecule has 0 saturated carbocycles. The van der Waals surface area contributed by atoms with Gasteiger partial charge in [-0.25, -0.2) is 12.8 Å². The SMILES string of the molecule is Cn1c(C[C@H]2CCS(=O)(=O)C2)nnc1SCC(=O)N[C@@H](c1ccc(F)cc1)c1cccs1. The van der Waals surface area contributed by atoms with E-state index in [1.54, 1.807) is 12.1 Å². The fourth-order valence-corrected chi connectivity index (χ4v) is 7.11. The van der Waals surface area contributed by atoms with Gasteiger partial charge in [0.1, 0.15) is 11.6 Å². The molecule has 0 radical (unpaired) electrons. The number of hydrogen-bond acceptors (Lipinski definition) is 7. The van der Waals surface area contributed by atoms with Gasteiger partial charge in [0.2, 0.25) is 5.91 Å². The number of rotatable bonds is 8. The van der Waals surface area contributed by atoms with Crippen molar-refractivity contribution in [1.29, 1.82) is 0 Å². The van der Waals surface area contributed by atoms with E-state index in [0.29, 0.717) is 18.0 Å². The van der Waals surface area contributed by atoms with Gasteiger partial charge in [0.05, 0.1) is 23.3 Å². The Morgan fingerprint density at radius 2 is 2.09 bits per heavy atom. The monoisotopic (exact) mass is 494 g/mol. The van der Waals surface area contributed by atoms with Crippen molar-refractivity contribution in [3.8, 4) is 0 Å². The third-order valence-electron chi connectivity index (χ3n) is 5.39. The summed E-state index contributed by atoms with van der Waals surface area (Å²) in [6, 6.07) is 9.60. The predicted molar refractivity (Wildman–Crippen MR) is 123 cm³/mol. The summed E-state index contributed by atoms with van der Waals surface area (Å²) < 4.78 is 38.5. The van der Waals surface area contributed by atoms with Crippen molar-refractivity contribution in [2.45, 2.75) is 24.0 Å². The lowest BCUT2D eigenvalue weighted by Gasteiger charge is -2.18. The standard InChI is InChI=1S/C21H23FN4O3S3/c1-26-18(11-14-8-10-32(28,29)13-14)24-25-21(26)31-12-19(27)23-20(17-3-2-9-30-17)15-4-6-16(22)7-5-15/h2-7,9,14,20H,8,10-13H2,1H3,(H,23,27)/t14-,20+/m1/s1. The number of nitrogens with one attached hydrogen (secondary N) is 1. The van der Waals surface area contributed by atoms with Gasteiger partial charge >= 0.3 is 0 Å². The fraction of sp³-hybridized carbons (Fsp3) is 0.381. The zero-order valence-corrected chi connectivity index (χ0v) is 19.9. The van der Waals surface area contributed by atoms with Crippen LogP contribution in [0.25, 0.3) is 0 Å². The number of amides is 1. The third-order valence-corrected chi connectivity index (χ3v) is 9.19. The normalized spacial score (nSPS) is 18.5. The van der Waals surface area contributed by atoms with Crippen LogP contribution >= 0.6 is 23.1 Å². The van der Waals surface area contributed by atoms with Gasteiger partial charge in [0, 0.05) is 18.3 Å². The lowest BCUT2D eigenvalue weighted by atomic mass is 10.1. The van der Waals surface area contributed by atoms with Gasteiger partial charge in [-0.1, -0.05) is 30.0 Å². The molecule has 1 aromatic carbocycles. The van der Waals surface area contributed by atoms with E-state index >= 15 is 0 Å². The molecule has 11 heteroatoms. The van der Waals surface area contributed by atoms with E-state index in [1.807, 2.05) is 29.1 Å². The zero-order chi connectivity index (χ0) is 22.7. The molecule has 1 N–H and O–H groups in total. The van der Waals surface area contributed by atoms with Gasteiger partial charge in [0.25, 0.3) is 0 Å². The minimum atomic E-state index is -2.93. The molecule has 1 saturated heterocycles. The number of thiophene rings is 1. The quantitative estimate of drug-likeness (QED) is 0.484. The van der Waals surface area contributed by atoms with Crippen LogP contribution in [-0.4, -0.2) is 46.3 Å². The number of aromatic nitrogens is 3. The van der Waals surface area contributed by atoms with Crippen LogP contribution in [0.5, 0.6) is 0 Å². The third kappa shape index (κ3) is 5.57. The van der Waals surface area contributed by atoms with Crippen molar-refractivity contribution in [2.75, 3.05) is 17.3 Å². The van der Waals surface area contributed by atoms with Crippen LogP contribution in [0.2, 0.25) is 0 Å². The van der Waals surface area contributed by atoms with Crippen LogP contribution < -0.4 is 5.32 Å². The molecule has 1 aliphatic heterocycles. The van der Waals surface area contributed by atoms with E-state index in [4.69, 9.17) is 0 Å². The van der Waals surface area contributed by atoms with E-state index < -0.39 is 9.84 Å². The van der Waals surface area contributed by atoms with Crippen molar-refractivity contribution in [3.63, 3.8) is 0 Å². The Morgan fingerprint density at radius 3 is 2.75 bits per heavy atom. The molecule has 3 heterocycles. The number of halogens is 1. The van der Waals surface area contributed by atoms with Crippen LogP contribution in [0.4, 0.5) is 4.39 Å². The first kappa shape index (κ1) is 22.9. The lowest BCUT2D eigenvalue weighted by Crippen LogP contribution is -2.30. The first-order valence-electron chi connectivity index (χ1n) is 10.1. The van der Waals surface area contributed by atoms with E-state index in [-0.39, 0.29) is 40.9 Å². The molecule has 2 aromatic heterocycles. The molecule has 0 unspecified atom stereocenters. The topological polar surface area (TPSA) is 93.9 Å². The molecule has 1 amide bonds. The largest absolute Gasteiger partial charge is 0.344 e. The van der Waals surface area contributed by atoms with Gasteiger partial charge in [-0.15, -0.1) is 21.5 Å². The average molecular weight is 495 g/mol. The van der Waals surface area contributed by atoms with Crippen LogP contribution in [-0.2, 0) is 28.1 Å². The summed E-state index contributed by atoms with van der Waals surface area (Å²) in [6.07, 6.45) is 1.20. The van der Waals surface area contributed by atoms with Gasteiger partial charge in [-0.3, -0.25) is 4.79 Å². The van der Waals surface area contributed by atoms with Crippen molar-refractivity contribution in [1.82, 2.24) is 20.1 Å². The van der Waals surface area contributed by atoms with Crippen molar-refractivity contribution in [2.24, 2.45) is 13.0 Å². The van der Waals surface area contributed by atoms with Gasteiger partial charge in [-0.2, -0.15) is 0 Å². The molecular formula is C21H23FN4O3S3. The highest BCUT2D eigenvalue weighted by Crippen LogP contribution is 2.27. The number of carbonyl (C=O) groups is 1. The summed E-state index contributed by atoms with van der Waals surface area (Å²) in [4.78, 5) is 13.7. The summed E-state index contributed by atoms with van der Waals surface area (Å²) in [5, 5.41) is 13.9. The molecule has 0 spiro atoms. The molecule has 32 heavy (non-hydrogen) atoms. The van der Waals surface area contributed by atoms with E-state index in [9.17, 15) is 17.6 Å². The second kappa shape index (κ2) is 9.72. The van der Waals surface area contributed by atoms with E-state index in [0.717, 1.165) is 16.3 Å². The van der Waals surface area contributed by atoms with E-state index in [1.165, 1.54) is 35.2 Å². The number of benzene rings is 1. The molecule has 3 aromatic rings. The van der Waals surface area contributed by atoms with Crippen molar-refractivity contribution >= 4 is 38.8 Å². The summed E-state index contributed by atoms with van der Waals surface area (Å²) in [6.45, 7) is 0. The molecule has 4 rings (SSSR count). The Morgan fingerprint density at radius 1 is 1.31 bits per heavy atom. The number of thioether (sulfide) groups is 1. The maximum atomic E-state index is 13.3. The van der Waals surface area contributed by atoms with Crippen LogP contribution in [0, 0.1) is 11.7 Å². The van der Waals surface area contributed by atoms with Gasteiger partial charge in [-0.05, 0) is 41.5 Å². The minimum absolute atomic E-state index is 0.0614. The first-order chi connectivity index (χ1) is 15.3. The molecule has 1 aliphatic rings. The van der Waals surface area contributed by atoms with Crippen LogP contribution in [0.3, 0.4) is 0 Å². The first-order valence-corrected chi connectivity index (χ1v) is 13.8. The van der Waals surface area contributed by atoms with E-state index in [2.05, 4.69) is 15.5 Å². The Hall–Kier alpha value is -2.24. The van der Waals surface area contributed by atoms with Crippen LogP contribution in [0.1, 0.15) is 28.7 Å². The molecule has 0 aliphatic carbocycles. The molecule has 0 bridgehead atoms. The fourth-order valence-electron chi connectivity index (χ4n) is 3.70. The zero-order valence-electron chi connectivity index (χ0n) is 17.4. The number of hydrogen-bond donors (Lipinski definition) is 1. The van der Waals surface area contributed by atoms with Gasteiger partial charge in [0.15, 0.2) is 15.0 Å². The molecule has 170 valence electrons. The summed E-state index contributed by atoms with van der Waals surface area (Å²) in [7, 11) is -1.11. The Kier molecular flexibility index (Phi) is 6.96. The average Bonchev–Trinajstić information content (AvgIpc) is 3.48. The predicted octanol–water partition coefficient (Wildman–Crippen LogP) is 2.99. The molecular weight excluding hydrogens is 471 g/mol. The number of nitrogens with zero attached hydrogens (tertiary/aromatic N) is 3. The Bertz CT molecular complexity index is 1180. The Labute approximate surface area is 194 Å². The Balaban J connectivity index is 1.38. The second-order valence-corrected chi connectivity index (χ2v) is 11.9. The van der Waals surface area contributed by atoms with Gasteiger partial charge < -0.3 is 9.88 Å². The smallest absolute Gasteiger partial charge is 0.231 e. The van der Waals surface area contributed by atoms with Crippen molar-refractivity contribution in [3.05, 3.63) is 63.9 Å². The number of sulfone groups is 1. The van der Waals surface area contributed by atoms with Crippen LogP contribution in [0.15, 0.2) is 46.9 Å². The highest BCUT2D eigenvalue weighted by atomic mass is 32.2. The summed E-state index contributed by atoms with van der Waals surface area (Å²) in [5.74, 6) is 0.851. The maximum Gasteiger partial charge on any atom is 0.231 e. The highest BCUT2D eigenvalue weighted by molar-refractivity contribution is 7.99.